The average molecular weight is 457 g/mol. The molecule has 6 nitrogen and oxygen atoms in total. The van der Waals surface area contributed by atoms with Crippen molar-refractivity contribution >= 4 is 33.0 Å². The van der Waals surface area contributed by atoms with Crippen molar-refractivity contribution in [2.24, 2.45) is 0 Å². The monoisotopic (exact) mass is 456 g/mol. The molecule has 1 unspecified atom stereocenters. The van der Waals surface area contributed by atoms with E-state index >= 15 is 0 Å². The number of carbonyl (C=O) groups excluding carboxylic acids is 1. The SMILES string of the molecule is COc1ccc(N(C)S(=O)(=O)c2cccc(C(=O)N3CCCC3c3cccs3)c2)cc1. The predicted octanol–water partition coefficient (Wildman–Crippen LogP) is 4.56. The number of likely N-dealkylation sites (tertiary alicyclic amines) is 1. The Morgan fingerprint density at radius 1 is 1.13 bits per heavy atom. The number of amides is 1. The molecule has 1 fully saturated rings. The number of sulfonamides is 1. The molecule has 0 spiro atoms. The van der Waals surface area contributed by atoms with E-state index in [1.807, 2.05) is 22.4 Å². The molecule has 8 heteroatoms. The van der Waals surface area contributed by atoms with Crippen LogP contribution < -0.4 is 9.04 Å². The summed E-state index contributed by atoms with van der Waals surface area (Å²) in [5.74, 6) is 0.508. The number of rotatable bonds is 6. The molecule has 0 saturated carbocycles. The molecule has 3 aromatic rings. The van der Waals surface area contributed by atoms with Crippen LogP contribution in [0.5, 0.6) is 5.75 Å². The van der Waals surface area contributed by atoms with Gasteiger partial charge >= 0.3 is 0 Å². The van der Waals surface area contributed by atoms with Gasteiger partial charge in [-0.25, -0.2) is 8.42 Å². The van der Waals surface area contributed by atoms with Crippen LogP contribution in [0.3, 0.4) is 0 Å². The Hall–Kier alpha value is -2.84. The molecule has 1 atom stereocenters. The zero-order chi connectivity index (χ0) is 22.0. The van der Waals surface area contributed by atoms with Gasteiger partial charge in [-0.3, -0.25) is 9.10 Å². The van der Waals surface area contributed by atoms with Gasteiger partial charge in [-0.15, -0.1) is 11.3 Å². The number of nitrogens with zero attached hydrogens (tertiary/aromatic N) is 2. The van der Waals surface area contributed by atoms with Crippen molar-refractivity contribution < 1.29 is 17.9 Å². The highest BCUT2D eigenvalue weighted by molar-refractivity contribution is 7.92. The van der Waals surface area contributed by atoms with Gasteiger partial charge in [-0.05, 0) is 66.8 Å². The largest absolute Gasteiger partial charge is 0.497 e. The fourth-order valence-corrected chi connectivity index (χ4v) is 5.95. The van der Waals surface area contributed by atoms with Crippen LogP contribution in [0.1, 0.15) is 34.1 Å². The van der Waals surface area contributed by atoms with Crippen LogP contribution >= 0.6 is 11.3 Å². The third kappa shape index (κ3) is 4.18. The summed E-state index contributed by atoms with van der Waals surface area (Å²) in [7, 11) is -0.768. The predicted molar refractivity (Wildman–Crippen MR) is 122 cm³/mol. The number of carbonyl (C=O) groups is 1. The number of thiophene rings is 1. The molecule has 0 radical (unpaired) electrons. The fraction of sp³-hybridized carbons (Fsp3) is 0.261. The Balaban J connectivity index is 1.60. The fourth-order valence-electron chi connectivity index (χ4n) is 3.83. The number of hydrogen-bond donors (Lipinski definition) is 0. The normalized spacial score (nSPS) is 16.3. The Morgan fingerprint density at radius 2 is 1.90 bits per heavy atom. The van der Waals surface area contributed by atoms with Crippen LogP contribution in [0.4, 0.5) is 5.69 Å². The van der Waals surface area contributed by atoms with Crippen molar-refractivity contribution in [3.05, 3.63) is 76.5 Å². The van der Waals surface area contributed by atoms with E-state index in [0.717, 1.165) is 17.7 Å². The van der Waals surface area contributed by atoms with E-state index in [1.165, 1.54) is 23.5 Å². The average Bonchev–Trinajstić information content (AvgIpc) is 3.50. The van der Waals surface area contributed by atoms with Gasteiger partial charge in [0.15, 0.2) is 0 Å². The summed E-state index contributed by atoms with van der Waals surface area (Å²) in [5, 5.41) is 2.01. The number of anilines is 1. The van der Waals surface area contributed by atoms with Crippen molar-refractivity contribution in [2.45, 2.75) is 23.8 Å². The molecule has 2 heterocycles. The minimum atomic E-state index is -3.82. The summed E-state index contributed by atoms with van der Waals surface area (Å²) in [4.78, 5) is 16.3. The first kappa shape index (κ1) is 21.4. The highest BCUT2D eigenvalue weighted by atomic mass is 32.2. The lowest BCUT2D eigenvalue weighted by atomic mass is 10.1. The second-order valence-corrected chi connectivity index (χ2v) is 10.3. The summed E-state index contributed by atoms with van der Waals surface area (Å²) >= 11 is 1.64. The maximum absolute atomic E-state index is 13.3. The Bertz CT molecular complexity index is 1160. The lowest BCUT2D eigenvalue weighted by Crippen LogP contribution is -2.31. The molecule has 1 saturated heterocycles. The van der Waals surface area contributed by atoms with Crippen LogP contribution in [0.15, 0.2) is 70.9 Å². The number of ether oxygens (including phenoxy) is 1. The lowest BCUT2D eigenvalue weighted by Gasteiger charge is -2.24. The highest BCUT2D eigenvalue weighted by Gasteiger charge is 2.32. The molecule has 1 aliphatic rings. The van der Waals surface area contributed by atoms with E-state index in [4.69, 9.17) is 4.74 Å². The number of benzene rings is 2. The molecule has 31 heavy (non-hydrogen) atoms. The van der Waals surface area contributed by atoms with Crippen molar-refractivity contribution in [3.8, 4) is 5.75 Å². The first-order chi connectivity index (χ1) is 14.9. The van der Waals surface area contributed by atoms with Crippen LogP contribution in [0.2, 0.25) is 0 Å². The second-order valence-electron chi connectivity index (χ2n) is 7.37. The van der Waals surface area contributed by atoms with Crippen molar-refractivity contribution in [1.29, 1.82) is 0 Å². The maximum atomic E-state index is 13.3. The summed E-state index contributed by atoms with van der Waals surface area (Å²) in [6, 6.07) is 17.2. The van der Waals surface area contributed by atoms with Crippen LogP contribution in [-0.4, -0.2) is 39.9 Å². The second kappa shape index (κ2) is 8.72. The molecule has 4 rings (SSSR count). The van der Waals surface area contributed by atoms with E-state index < -0.39 is 10.0 Å². The zero-order valence-corrected chi connectivity index (χ0v) is 19.0. The van der Waals surface area contributed by atoms with Crippen LogP contribution in [0.25, 0.3) is 0 Å². The van der Waals surface area contributed by atoms with E-state index in [0.29, 0.717) is 23.5 Å². The highest BCUT2D eigenvalue weighted by Crippen LogP contribution is 2.35. The molecule has 2 aromatic carbocycles. The van der Waals surface area contributed by atoms with Gasteiger partial charge in [0.1, 0.15) is 5.75 Å². The van der Waals surface area contributed by atoms with E-state index in [2.05, 4.69) is 0 Å². The zero-order valence-electron chi connectivity index (χ0n) is 17.4. The third-order valence-corrected chi connectivity index (χ3v) is 8.32. The van der Waals surface area contributed by atoms with Gasteiger partial charge in [-0.1, -0.05) is 12.1 Å². The van der Waals surface area contributed by atoms with E-state index in [-0.39, 0.29) is 16.8 Å². The maximum Gasteiger partial charge on any atom is 0.264 e. The number of methoxy groups -OCH3 is 1. The first-order valence-electron chi connectivity index (χ1n) is 9.99. The van der Waals surface area contributed by atoms with Gasteiger partial charge in [0.25, 0.3) is 15.9 Å². The molecule has 0 N–H and O–H groups in total. The van der Waals surface area contributed by atoms with Crippen molar-refractivity contribution in [1.82, 2.24) is 4.90 Å². The van der Waals surface area contributed by atoms with Gasteiger partial charge in [0, 0.05) is 24.0 Å². The molecular weight excluding hydrogens is 432 g/mol. The van der Waals surface area contributed by atoms with Crippen LogP contribution in [-0.2, 0) is 10.0 Å². The molecule has 1 aliphatic heterocycles. The van der Waals surface area contributed by atoms with Gasteiger partial charge in [0.2, 0.25) is 0 Å². The summed E-state index contributed by atoms with van der Waals surface area (Å²) in [6.45, 7) is 0.671. The minimum Gasteiger partial charge on any atom is -0.497 e. The smallest absolute Gasteiger partial charge is 0.264 e. The van der Waals surface area contributed by atoms with Crippen molar-refractivity contribution in [3.63, 3.8) is 0 Å². The van der Waals surface area contributed by atoms with Gasteiger partial charge in [-0.2, -0.15) is 0 Å². The molecule has 1 aromatic heterocycles. The number of hydrogen-bond acceptors (Lipinski definition) is 5. The molecule has 162 valence electrons. The van der Waals surface area contributed by atoms with Crippen LogP contribution in [0, 0.1) is 0 Å². The summed E-state index contributed by atoms with van der Waals surface area (Å²) in [6.07, 6.45) is 1.86. The van der Waals surface area contributed by atoms with E-state index in [9.17, 15) is 13.2 Å². The standard InChI is InChI=1S/C23H24N2O4S2/c1-24(18-10-12-19(29-2)13-11-18)31(27,28)20-7-3-6-17(16-20)23(26)25-14-4-8-21(25)22-9-5-15-30-22/h3,5-7,9-13,15-16,21H,4,8,14H2,1-2H3. The topological polar surface area (TPSA) is 66.9 Å². The van der Waals surface area contributed by atoms with E-state index in [1.54, 1.807) is 54.8 Å². The summed E-state index contributed by atoms with van der Waals surface area (Å²) < 4.78 is 32.8. The molecule has 0 aliphatic carbocycles. The first-order valence-corrected chi connectivity index (χ1v) is 12.3. The van der Waals surface area contributed by atoms with Crippen molar-refractivity contribution in [2.75, 3.05) is 25.0 Å². The van der Waals surface area contributed by atoms with Gasteiger partial charge in [0.05, 0.1) is 23.7 Å². The molecule has 1 amide bonds. The lowest BCUT2D eigenvalue weighted by molar-refractivity contribution is 0.0737. The third-order valence-electron chi connectivity index (χ3n) is 5.56. The Morgan fingerprint density at radius 3 is 2.58 bits per heavy atom. The van der Waals surface area contributed by atoms with Gasteiger partial charge < -0.3 is 9.64 Å². The Kier molecular flexibility index (Phi) is 6.02. The molecular formula is C23H24N2O4S2. The summed E-state index contributed by atoms with van der Waals surface area (Å²) in [5.41, 5.74) is 0.891. The molecule has 0 bridgehead atoms. The minimum absolute atomic E-state index is 0.0507. The Labute approximate surface area is 186 Å². The quantitative estimate of drug-likeness (QED) is 0.545.